The minimum atomic E-state index is -3.40. The van der Waals surface area contributed by atoms with E-state index in [4.69, 9.17) is 0 Å². The molecule has 3 rings (SSSR count). The van der Waals surface area contributed by atoms with Gasteiger partial charge in [-0.15, -0.1) is 0 Å². The topological polar surface area (TPSA) is 74.8 Å². The summed E-state index contributed by atoms with van der Waals surface area (Å²) >= 11 is 0. The molecule has 0 atom stereocenters. The van der Waals surface area contributed by atoms with Gasteiger partial charge in [-0.1, -0.05) is 12.1 Å². The summed E-state index contributed by atoms with van der Waals surface area (Å²) in [6.07, 6.45) is 0. The molecule has 2 N–H and O–H groups in total. The first-order valence-electron chi connectivity index (χ1n) is 6.09. The summed E-state index contributed by atoms with van der Waals surface area (Å²) in [7, 11) is -2.01. The number of fused-ring (bicyclic) bond motifs is 1. The van der Waals surface area contributed by atoms with E-state index in [0.29, 0.717) is 0 Å². The van der Waals surface area contributed by atoms with Gasteiger partial charge in [-0.25, -0.2) is 18.1 Å². The van der Waals surface area contributed by atoms with E-state index in [9.17, 15) is 8.42 Å². The van der Waals surface area contributed by atoms with Gasteiger partial charge in [-0.2, -0.15) is 0 Å². The van der Waals surface area contributed by atoms with Gasteiger partial charge < -0.3 is 4.98 Å². The number of aromatic nitrogens is 2. The summed E-state index contributed by atoms with van der Waals surface area (Å²) in [5, 5.41) is 0. The van der Waals surface area contributed by atoms with Gasteiger partial charge in [-0.3, -0.25) is 0 Å². The monoisotopic (exact) mass is 287 g/mol. The van der Waals surface area contributed by atoms with E-state index in [0.717, 1.165) is 22.4 Å². The Morgan fingerprint density at radius 2 is 1.75 bits per heavy atom. The van der Waals surface area contributed by atoms with Crippen molar-refractivity contribution in [2.24, 2.45) is 0 Å². The molecule has 0 saturated heterocycles. The predicted octanol–water partition coefficient (Wildman–Crippen LogP) is 2.14. The molecule has 0 radical (unpaired) electrons. The summed E-state index contributed by atoms with van der Waals surface area (Å²) < 4.78 is 25.6. The van der Waals surface area contributed by atoms with Gasteiger partial charge in [0.15, 0.2) is 0 Å². The molecule has 0 amide bonds. The minimum absolute atomic E-state index is 0.236. The standard InChI is InChI=1S/C14H13N3O2S/c1-15-20(18,19)11-8-6-10(7-9-11)14-16-12-4-2-3-5-13(12)17-14/h2-9,15H,1H3,(H,16,17). The first-order valence-corrected chi connectivity index (χ1v) is 7.57. The number of para-hydroxylation sites is 2. The molecule has 0 bridgehead atoms. The smallest absolute Gasteiger partial charge is 0.240 e. The zero-order chi connectivity index (χ0) is 14.2. The van der Waals surface area contributed by atoms with Crippen LogP contribution in [0.3, 0.4) is 0 Å². The lowest BCUT2D eigenvalue weighted by Gasteiger charge is -2.02. The molecular weight excluding hydrogens is 274 g/mol. The number of imidazole rings is 1. The van der Waals surface area contributed by atoms with Crippen LogP contribution in [-0.2, 0) is 10.0 Å². The summed E-state index contributed by atoms with van der Waals surface area (Å²) in [6.45, 7) is 0. The van der Waals surface area contributed by atoms with E-state index >= 15 is 0 Å². The number of aromatic amines is 1. The van der Waals surface area contributed by atoms with Crippen LogP contribution < -0.4 is 4.72 Å². The van der Waals surface area contributed by atoms with Gasteiger partial charge in [0.2, 0.25) is 10.0 Å². The normalized spacial score (nSPS) is 11.8. The minimum Gasteiger partial charge on any atom is -0.338 e. The Kier molecular flexibility index (Phi) is 3.04. The largest absolute Gasteiger partial charge is 0.338 e. The van der Waals surface area contributed by atoms with Crippen molar-refractivity contribution in [3.8, 4) is 11.4 Å². The molecule has 6 heteroatoms. The van der Waals surface area contributed by atoms with Crippen LogP contribution in [0.15, 0.2) is 53.4 Å². The lowest BCUT2D eigenvalue weighted by atomic mass is 10.2. The van der Waals surface area contributed by atoms with Crippen molar-refractivity contribution in [2.75, 3.05) is 7.05 Å². The summed E-state index contributed by atoms with van der Waals surface area (Å²) in [6, 6.07) is 14.3. The second kappa shape index (κ2) is 4.73. The molecule has 0 unspecified atom stereocenters. The van der Waals surface area contributed by atoms with Crippen LogP contribution in [0.2, 0.25) is 0 Å². The van der Waals surface area contributed by atoms with E-state index in [1.54, 1.807) is 24.3 Å². The summed E-state index contributed by atoms with van der Waals surface area (Å²) in [4.78, 5) is 7.92. The molecular formula is C14H13N3O2S. The fraction of sp³-hybridized carbons (Fsp3) is 0.0714. The molecule has 5 nitrogen and oxygen atoms in total. The number of sulfonamides is 1. The third kappa shape index (κ3) is 2.19. The van der Waals surface area contributed by atoms with Crippen molar-refractivity contribution in [2.45, 2.75) is 4.90 Å². The van der Waals surface area contributed by atoms with Crippen molar-refractivity contribution in [1.82, 2.24) is 14.7 Å². The fourth-order valence-corrected chi connectivity index (χ4v) is 2.73. The quantitative estimate of drug-likeness (QED) is 0.775. The highest BCUT2D eigenvalue weighted by atomic mass is 32.2. The first-order chi connectivity index (χ1) is 9.60. The molecule has 2 aromatic carbocycles. The van der Waals surface area contributed by atoms with Crippen LogP contribution in [0.25, 0.3) is 22.4 Å². The fourth-order valence-electron chi connectivity index (χ4n) is 2.00. The Labute approximate surface area is 116 Å². The van der Waals surface area contributed by atoms with Gasteiger partial charge in [-0.05, 0) is 43.4 Å². The maximum absolute atomic E-state index is 11.7. The van der Waals surface area contributed by atoms with Crippen LogP contribution in [0.5, 0.6) is 0 Å². The van der Waals surface area contributed by atoms with Crippen molar-refractivity contribution >= 4 is 21.1 Å². The van der Waals surface area contributed by atoms with Crippen LogP contribution in [0.1, 0.15) is 0 Å². The molecule has 1 aromatic heterocycles. The lowest BCUT2D eigenvalue weighted by Crippen LogP contribution is -2.18. The van der Waals surface area contributed by atoms with Crippen LogP contribution >= 0.6 is 0 Å². The second-order valence-corrected chi connectivity index (χ2v) is 6.22. The number of nitrogens with zero attached hydrogens (tertiary/aromatic N) is 1. The van der Waals surface area contributed by atoms with Crippen molar-refractivity contribution in [1.29, 1.82) is 0 Å². The molecule has 0 saturated carbocycles. The van der Waals surface area contributed by atoms with E-state index in [1.807, 2.05) is 24.3 Å². The maximum atomic E-state index is 11.7. The second-order valence-electron chi connectivity index (χ2n) is 4.33. The van der Waals surface area contributed by atoms with Gasteiger partial charge >= 0.3 is 0 Å². The number of benzene rings is 2. The van der Waals surface area contributed by atoms with E-state index < -0.39 is 10.0 Å². The average molecular weight is 287 g/mol. The zero-order valence-corrected chi connectivity index (χ0v) is 11.6. The predicted molar refractivity (Wildman–Crippen MR) is 77.8 cm³/mol. The number of hydrogen-bond acceptors (Lipinski definition) is 3. The molecule has 3 aromatic rings. The van der Waals surface area contributed by atoms with Gasteiger partial charge in [0, 0.05) is 5.56 Å². The highest BCUT2D eigenvalue weighted by Crippen LogP contribution is 2.21. The Bertz CT molecular complexity index is 819. The zero-order valence-electron chi connectivity index (χ0n) is 10.8. The number of H-pyrrole nitrogens is 1. The maximum Gasteiger partial charge on any atom is 0.240 e. The Balaban J connectivity index is 2.03. The SMILES string of the molecule is CNS(=O)(=O)c1ccc(-c2nc3ccccc3[nH]2)cc1. The molecule has 0 spiro atoms. The van der Waals surface area contributed by atoms with Crippen molar-refractivity contribution < 1.29 is 8.42 Å². The molecule has 102 valence electrons. The van der Waals surface area contributed by atoms with E-state index in [-0.39, 0.29) is 4.90 Å². The van der Waals surface area contributed by atoms with Crippen molar-refractivity contribution in [3.05, 3.63) is 48.5 Å². The molecule has 0 aliphatic rings. The molecule has 0 aliphatic carbocycles. The Hall–Kier alpha value is -2.18. The third-order valence-corrected chi connectivity index (χ3v) is 4.53. The molecule has 20 heavy (non-hydrogen) atoms. The van der Waals surface area contributed by atoms with E-state index in [1.165, 1.54) is 7.05 Å². The van der Waals surface area contributed by atoms with Gasteiger partial charge in [0.1, 0.15) is 5.82 Å². The van der Waals surface area contributed by atoms with Crippen LogP contribution in [0.4, 0.5) is 0 Å². The third-order valence-electron chi connectivity index (χ3n) is 3.10. The van der Waals surface area contributed by atoms with Crippen LogP contribution in [-0.4, -0.2) is 25.4 Å². The lowest BCUT2D eigenvalue weighted by molar-refractivity contribution is 0.588. The molecule has 0 fully saturated rings. The summed E-state index contributed by atoms with van der Waals surface area (Å²) in [5.41, 5.74) is 2.68. The number of rotatable bonds is 3. The van der Waals surface area contributed by atoms with Gasteiger partial charge in [0.25, 0.3) is 0 Å². The first kappa shape index (κ1) is 12.8. The Morgan fingerprint density at radius 3 is 2.40 bits per heavy atom. The highest BCUT2D eigenvalue weighted by Gasteiger charge is 2.11. The molecule has 0 aliphatic heterocycles. The molecule has 1 heterocycles. The average Bonchev–Trinajstić information content (AvgIpc) is 2.91. The highest BCUT2D eigenvalue weighted by molar-refractivity contribution is 7.89. The summed E-state index contributed by atoms with van der Waals surface area (Å²) in [5.74, 6) is 0.722. The Morgan fingerprint density at radius 1 is 1.05 bits per heavy atom. The number of nitrogens with one attached hydrogen (secondary N) is 2. The van der Waals surface area contributed by atoms with Crippen molar-refractivity contribution in [3.63, 3.8) is 0 Å². The van der Waals surface area contributed by atoms with Crippen LogP contribution in [0, 0.1) is 0 Å². The number of hydrogen-bond donors (Lipinski definition) is 2. The van der Waals surface area contributed by atoms with Gasteiger partial charge in [0.05, 0.1) is 15.9 Å². The van der Waals surface area contributed by atoms with E-state index in [2.05, 4.69) is 14.7 Å².